The fraction of sp³-hybridized carbons (Fsp3) is 0.312. The Morgan fingerprint density at radius 1 is 1.38 bits per heavy atom. The van der Waals surface area contributed by atoms with Gasteiger partial charge in [0.25, 0.3) is 0 Å². The molecule has 24 heavy (non-hydrogen) atoms. The largest absolute Gasteiger partial charge is 0.454 e. The van der Waals surface area contributed by atoms with Crippen LogP contribution >= 0.6 is 12.2 Å². The third-order valence-electron chi connectivity index (χ3n) is 3.81. The highest BCUT2D eigenvalue weighted by molar-refractivity contribution is 7.80. The second kappa shape index (κ2) is 6.88. The summed E-state index contributed by atoms with van der Waals surface area (Å²) < 4.78 is 12.5. The molecule has 2 N–H and O–H groups in total. The third-order valence-corrected chi connectivity index (χ3v) is 4.05. The molecule has 0 fully saturated rings. The highest BCUT2D eigenvalue weighted by atomic mass is 32.1. The summed E-state index contributed by atoms with van der Waals surface area (Å²) in [7, 11) is 1.91. The minimum atomic E-state index is 0.272. The Balaban J connectivity index is 1.52. The highest BCUT2D eigenvalue weighted by Gasteiger charge is 2.13. The van der Waals surface area contributed by atoms with Gasteiger partial charge in [0.2, 0.25) is 6.79 Å². The molecule has 3 rings (SSSR count). The normalized spacial score (nSPS) is 12.6. The van der Waals surface area contributed by atoms with Gasteiger partial charge in [-0.25, -0.2) is 0 Å². The van der Waals surface area contributed by atoms with Gasteiger partial charge in [0.15, 0.2) is 16.6 Å². The summed E-state index contributed by atoms with van der Waals surface area (Å²) in [5.74, 6) is 1.53. The molecule has 1 aliphatic heterocycles. The van der Waals surface area contributed by atoms with Gasteiger partial charge in [0.05, 0.1) is 11.9 Å². The molecule has 0 radical (unpaired) electrons. The van der Waals surface area contributed by atoms with Crippen LogP contribution in [0.25, 0.3) is 0 Å². The van der Waals surface area contributed by atoms with Crippen molar-refractivity contribution in [2.75, 3.05) is 6.79 Å². The van der Waals surface area contributed by atoms with Crippen LogP contribution in [0.1, 0.15) is 22.5 Å². The van der Waals surface area contributed by atoms with Crippen LogP contribution in [0.15, 0.2) is 23.3 Å². The lowest BCUT2D eigenvalue weighted by Gasteiger charge is -2.07. The van der Waals surface area contributed by atoms with Crippen LogP contribution in [0.3, 0.4) is 0 Å². The van der Waals surface area contributed by atoms with Gasteiger partial charge in [-0.3, -0.25) is 10.1 Å². The van der Waals surface area contributed by atoms with Crippen molar-refractivity contribution in [3.63, 3.8) is 0 Å². The van der Waals surface area contributed by atoms with Gasteiger partial charge >= 0.3 is 0 Å². The van der Waals surface area contributed by atoms with E-state index in [2.05, 4.69) is 20.9 Å². The molecule has 2 heterocycles. The van der Waals surface area contributed by atoms with E-state index in [4.69, 9.17) is 21.7 Å². The van der Waals surface area contributed by atoms with Gasteiger partial charge in [0.1, 0.15) is 0 Å². The summed E-state index contributed by atoms with van der Waals surface area (Å²) in [5.41, 5.74) is 6.83. The predicted octanol–water partition coefficient (Wildman–Crippen LogP) is 1.76. The zero-order valence-corrected chi connectivity index (χ0v) is 14.6. The van der Waals surface area contributed by atoms with Crippen molar-refractivity contribution >= 4 is 23.5 Å². The summed E-state index contributed by atoms with van der Waals surface area (Å²) in [4.78, 5) is 0. The third kappa shape index (κ3) is 3.48. The van der Waals surface area contributed by atoms with Crippen LogP contribution in [-0.2, 0) is 13.6 Å². The molecule has 1 aromatic heterocycles. The molecule has 8 heteroatoms. The number of fused-ring (bicyclic) bond motifs is 1. The number of aromatic nitrogens is 2. The van der Waals surface area contributed by atoms with E-state index < -0.39 is 0 Å². The number of hydrazone groups is 1. The molecule has 0 atom stereocenters. The number of hydrogen-bond acceptors (Lipinski definition) is 5. The number of ether oxygens (including phenoxy) is 2. The minimum absolute atomic E-state index is 0.272. The summed E-state index contributed by atoms with van der Waals surface area (Å²) in [6.07, 6.45) is 1.73. The van der Waals surface area contributed by atoms with Crippen LogP contribution in [0.5, 0.6) is 11.5 Å². The van der Waals surface area contributed by atoms with Crippen molar-refractivity contribution < 1.29 is 9.47 Å². The molecule has 2 aromatic rings. The second-order valence-corrected chi connectivity index (χ2v) is 5.86. The predicted molar refractivity (Wildman–Crippen MR) is 95.4 cm³/mol. The molecule has 1 aliphatic rings. The number of nitrogens with zero attached hydrogens (tertiary/aromatic N) is 3. The number of nitrogens with one attached hydrogen (secondary N) is 2. The molecule has 126 valence electrons. The van der Waals surface area contributed by atoms with E-state index in [0.717, 1.165) is 34.0 Å². The minimum Gasteiger partial charge on any atom is -0.454 e. The first-order chi connectivity index (χ1) is 11.5. The van der Waals surface area contributed by atoms with Crippen LogP contribution < -0.4 is 20.2 Å². The molecule has 1 aromatic carbocycles. The highest BCUT2D eigenvalue weighted by Crippen LogP contribution is 2.32. The topological polar surface area (TPSA) is 72.7 Å². The Morgan fingerprint density at radius 2 is 2.17 bits per heavy atom. The van der Waals surface area contributed by atoms with Gasteiger partial charge in [-0.05, 0) is 43.8 Å². The second-order valence-electron chi connectivity index (χ2n) is 5.45. The Hall–Kier alpha value is -2.61. The van der Waals surface area contributed by atoms with Crippen LogP contribution in [0.2, 0.25) is 0 Å². The number of rotatable bonds is 4. The lowest BCUT2D eigenvalue weighted by molar-refractivity contribution is 0.174. The van der Waals surface area contributed by atoms with Crippen molar-refractivity contribution in [2.24, 2.45) is 12.1 Å². The quantitative estimate of drug-likeness (QED) is 0.500. The number of benzene rings is 1. The molecule has 0 spiro atoms. The number of thiocarbonyl (C=S) groups is 1. The summed E-state index contributed by atoms with van der Waals surface area (Å²) in [6.45, 7) is 4.79. The monoisotopic (exact) mass is 345 g/mol. The lowest BCUT2D eigenvalue weighted by atomic mass is 10.2. The summed E-state index contributed by atoms with van der Waals surface area (Å²) in [5, 5.41) is 12.1. The molecule has 0 amide bonds. The van der Waals surface area contributed by atoms with Gasteiger partial charge in [-0.15, -0.1) is 0 Å². The fourth-order valence-corrected chi connectivity index (χ4v) is 2.53. The average Bonchev–Trinajstić information content (AvgIpc) is 3.12. The SMILES string of the molecule is Cc1nn(C)c(C)c1/C=N\NC(=S)NCc1ccc2c(c1)OCO2. The van der Waals surface area contributed by atoms with E-state index >= 15 is 0 Å². The summed E-state index contributed by atoms with van der Waals surface area (Å²) >= 11 is 5.23. The lowest BCUT2D eigenvalue weighted by Crippen LogP contribution is -2.31. The maximum absolute atomic E-state index is 5.35. The van der Waals surface area contributed by atoms with E-state index in [1.807, 2.05) is 43.8 Å². The molecular formula is C16H19N5O2S. The van der Waals surface area contributed by atoms with Gasteiger partial charge in [-0.1, -0.05) is 6.07 Å². The van der Waals surface area contributed by atoms with Crippen molar-refractivity contribution in [3.8, 4) is 11.5 Å². The van der Waals surface area contributed by atoms with E-state index in [0.29, 0.717) is 11.7 Å². The summed E-state index contributed by atoms with van der Waals surface area (Å²) in [6, 6.07) is 5.79. The van der Waals surface area contributed by atoms with Crippen LogP contribution in [-0.4, -0.2) is 27.9 Å². The van der Waals surface area contributed by atoms with Crippen molar-refractivity contribution in [3.05, 3.63) is 40.7 Å². The molecule has 0 aliphatic carbocycles. The fourth-order valence-electron chi connectivity index (χ4n) is 2.41. The Bertz CT molecular complexity index is 800. The number of aryl methyl sites for hydroxylation is 2. The zero-order valence-electron chi connectivity index (χ0n) is 13.8. The molecular weight excluding hydrogens is 326 g/mol. The van der Waals surface area contributed by atoms with E-state index in [9.17, 15) is 0 Å². The zero-order chi connectivity index (χ0) is 17.1. The van der Waals surface area contributed by atoms with Crippen LogP contribution in [0, 0.1) is 13.8 Å². The standard InChI is InChI=1S/C16H19N5O2S/c1-10-13(11(2)21(3)20-10)8-18-19-16(24)17-7-12-4-5-14-15(6-12)23-9-22-14/h4-6,8H,7,9H2,1-3H3,(H2,17,19,24)/b18-8-. The van der Waals surface area contributed by atoms with Gasteiger partial charge < -0.3 is 14.8 Å². The van der Waals surface area contributed by atoms with Gasteiger partial charge in [-0.2, -0.15) is 10.2 Å². The van der Waals surface area contributed by atoms with Gasteiger partial charge in [0, 0.05) is 24.8 Å². The Kier molecular flexibility index (Phi) is 4.66. The van der Waals surface area contributed by atoms with Crippen molar-refractivity contribution in [1.29, 1.82) is 0 Å². The molecule has 0 saturated heterocycles. The Labute approximate surface area is 145 Å². The maximum atomic E-state index is 5.35. The Morgan fingerprint density at radius 3 is 2.92 bits per heavy atom. The van der Waals surface area contributed by atoms with E-state index in [-0.39, 0.29) is 6.79 Å². The molecule has 0 unspecified atom stereocenters. The van der Waals surface area contributed by atoms with E-state index in [1.165, 1.54) is 0 Å². The number of hydrogen-bond donors (Lipinski definition) is 2. The van der Waals surface area contributed by atoms with Crippen molar-refractivity contribution in [2.45, 2.75) is 20.4 Å². The average molecular weight is 345 g/mol. The van der Waals surface area contributed by atoms with E-state index in [1.54, 1.807) is 6.21 Å². The first-order valence-corrected chi connectivity index (χ1v) is 7.91. The first kappa shape index (κ1) is 16.3. The molecule has 0 saturated carbocycles. The smallest absolute Gasteiger partial charge is 0.231 e. The van der Waals surface area contributed by atoms with Crippen molar-refractivity contribution in [1.82, 2.24) is 20.5 Å². The first-order valence-electron chi connectivity index (χ1n) is 7.50. The maximum Gasteiger partial charge on any atom is 0.231 e. The van der Waals surface area contributed by atoms with Crippen LogP contribution in [0.4, 0.5) is 0 Å². The molecule has 0 bridgehead atoms. The molecule has 7 nitrogen and oxygen atoms in total.